The normalized spacial score (nSPS) is 14.2. The van der Waals surface area contributed by atoms with Gasteiger partial charge in [0, 0.05) is 19.4 Å². The summed E-state index contributed by atoms with van der Waals surface area (Å²) in [7, 11) is -4.38. The lowest BCUT2D eigenvalue weighted by Crippen LogP contribution is -2.27. The van der Waals surface area contributed by atoms with E-state index in [2.05, 4.69) is 36.5 Å². The molecule has 0 aliphatic heterocycles. The Morgan fingerprint density at radius 1 is 0.861 bits per heavy atom. The maximum Gasteiger partial charge on any atom is 0.472 e. The Morgan fingerprint density at radius 2 is 1.56 bits per heavy atom. The SMILES string of the molecule is CCC/C=C\C/C=C\CCCCCCCC(=O)NCCOP(=O)(O)OCC(O)COC(=O)CCCC. The zero-order chi connectivity index (χ0) is 26.9. The summed E-state index contributed by atoms with van der Waals surface area (Å²) in [4.78, 5) is 32.9. The van der Waals surface area contributed by atoms with Gasteiger partial charge >= 0.3 is 13.8 Å². The number of carbonyl (C=O) groups is 2. The Hall–Kier alpha value is -1.51. The molecule has 10 heteroatoms. The monoisotopic (exact) mass is 533 g/mol. The highest BCUT2D eigenvalue weighted by molar-refractivity contribution is 7.47. The van der Waals surface area contributed by atoms with Crippen molar-refractivity contribution in [1.29, 1.82) is 0 Å². The fraction of sp³-hybridized carbons (Fsp3) is 0.769. The summed E-state index contributed by atoms with van der Waals surface area (Å²) in [6.07, 6.45) is 19.4. The van der Waals surface area contributed by atoms with Crippen LogP contribution in [0.15, 0.2) is 24.3 Å². The minimum Gasteiger partial charge on any atom is -0.463 e. The molecule has 0 radical (unpaired) electrons. The molecule has 0 fully saturated rings. The van der Waals surface area contributed by atoms with E-state index >= 15 is 0 Å². The lowest BCUT2D eigenvalue weighted by Gasteiger charge is -2.15. The van der Waals surface area contributed by atoms with E-state index in [1.54, 1.807) is 0 Å². The first-order valence-corrected chi connectivity index (χ1v) is 14.8. The van der Waals surface area contributed by atoms with E-state index in [0.717, 1.165) is 57.8 Å². The Kier molecular flexibility index (Phi) is 22.9. The number of aliphatic hydroxyl groups excluding tert-OH is 1. The molecule has 0 aliphatic carbocycles. The highest BCUT2D eigenvalue weighted by Crippen LogP contribution is 2.42. The summed E-state index contributed by atoms with van der Waals surface area (Å²) in [5.41, 5.74) is 0. The highest BCUT2D eigenvalue weighted by atomic mass is 31.2. The van der Waals surface area contributed by atoms with Crippen LogP contribution in [0.25, 0.3) is 0 Å². The fourth-order valence-electron chi connectivity index (χ4n) is 3.04. The second-order valence-electron chi connectivity index (χ2n) is 8.66. The first kappa shape index (κ1) is 34.5. The zero-order valence-electron chi connectivity index (χ0n) is 22.2. The van der Waals surface area contributed by atoms with Crippen molar-refractivity contribution in [2.75, 3.05) is 26.4 Å². The van der Waals surface area contributed by atoms with Crippen molar-refractivity contribution in [3.8, 4) is 0 Å². The van der Waals surface area contributed by atoms with E-state index in [-0.39, 0.29) is 32.1 Å². The maximum absolute atomic E-state index is 11.9. The molecule has 0 saturated heterocycles. The molecule has 210 valence electrons. The van der Waals surface area contributed by atoms with Gasteiger partial charge in [-0.3, -0.25) is 18.6 Å². The fourth-order valence-corrected chi connectivity index (χ4v) is 3.80. The lowest BCUT2D eigenvalue weighted by atomic mass is 10.1. The van der Waals surface area contributed by atoms with Gasteiger partial charge in [0.05, 0.1) is 13.2 Å². The molecule has 36 heavy (non-hydrogen) atoms. The van der Waals surface area contributed by atoms with Crippen molar-refractivity contribution in [3.63, 3.8) is 0 Å². The largest absolute Gasteiger partial charge is 0.472 e. The summed E-state index contributed by atoms with van der Waals surface area (Å²) in [6, 6.07) is 0. The molecule has 1 amide bonds. The number of hydrogen-bond donors (Lipinski definition) is 3. The van der Waals surface area contributed by atoms with E-state index in [1.807, 2.05) is 6.92 Å². The van der Waals surface area contributed by atoms with Crippen LogP contribution < -0.4 is 5.32 Å². The first-order chi connectivity index (χ1) is 17.3. The number of phosphoric ester groups is 1. The number of esters is 1. The van der Waals surface area contributed by atoms with Crippen molar-refractivity contribution in [2.45, 2.75) is 103 Å². The Morgan fingerprint density at radius 3 is 2.28 bits per heavy atom. The van der Waals surface area contributed by atoms with Gasteiger partial charge in [-0.25, -0.2) is 4.57 Å². The van der Waals surface area contributed by atoms with Crippen molar-refractivity contribution in [1.82, 2.24) is 5.32 Å². The predicted molar refractivity (Wildman–Crippen MR) is 141 cm³/mol. The van der Waals surface area contributed by atoms with Gasteiger partial charge in [-0.2, -0.15) is 0 Å². The summed E-state index contributed by atoms with van der Waals surface area (Å²) < 4.78 is 26.1. The molecule has 0 aromatic carbocycles. The molecule has 0 bridgehead atoms. The van der Waals surface area contributed by atoms with Gasteiger partial charge in [-0.05, 0) is 38.5 Å². The number of allylic oxidation sites excluding steroid dienone is 4. The van der Waals surface area contributed by atoms with Gasteiger partial charge in [0.1, 0.15) is 12.7 Å². The molecule has 0 spiro atoms. The van der Waals surface area contributed by atoms with Crippen molar-refractivity contribution in [3.05, 3.63) is 24.3 Å². The quantitative estimate of drug-likeness (QED) is 0.0654. The van der Waals surface area contributed by atoms with Crippen LogP contribution in [0.5, 0.6) is 0 Å². The summed E-state index contributed by atoms with van der Waals surface area (Å²) in [5, 5.41) is 12.3. The van der Waals surface area contributed by atoms with Crippen molar-refractivity contribution in [2.24, 2.45) is 0 Å². The van der Waals surface area contributed by atoms with Crippen LogP contribution in [0.4, 0.5) is 0 Å². The maximum atomic E-state index is 11.9. The number of rotatable bonds is 24. The molecule has 0 rings (SSSR count). The minimum atomic E-state index is -4.38. The number of phosphoric acid groups is 1. The third-order valence-corrected chi connectivity index (χ3v) is 6.10. The molecule has 2 unspecified atom stereocenters. The molecule has 9 nitrogen and oxygen atoms in total. The molecule has 0 aliphatic rings. The number of unbranched alkanes of at least 4 members (excludes halogenated alkanes) is 7. The minimum absolute atomic E-state index is 0.0737. The van der Waals surface area contributed by atoms with Crippen LogP contribution >= 0.6 is 7.82 Å². The smallest absolute Gasteiger partial charge is 0.463 e. The van der Waals surface area contributed by atoms with Gasteiger partial charge in [0.2, 0.25) is 5.91 Å². The van der Waals surface area contributed by atoms with Crippen LogP contribution in [0.1, 0.15) is 97.3 Å². The van der Waals surface area contributed by atoms with Gasteiger partial charge in [-0.15, -0.1) is 0 Å². The number of ether oxygens (including phenoxy) is 1. The highest BCUT2D eigenvalue weighted by Gasteiger charge is 2.23. The van der Waals surface area contributed by atoms with Gasteiger partial charge in [0.25, 0.3) is 0 Å². The number of aliphatic hydroxyl groups is 1. The predicted octanol–water partition coefficient (Wildman–Crippen LogP) is 5.36. The topological polar surface area (TPSA) is 131 Å². The molecular formula is C26H48NO8P. The number of nitrogens with one attached hydrogen (secondary N) is 1. The first-order valence-electron chi connectivity index (χ1n) is 13.3. The Balaban J connectivity index is 3.66. The lowest BCUT2D eigenvalue weighted by molar-refractivity contribution is -0.147. The van der Waals surface area contributed by atoms with Crippen molar-refractivity contribution >= 4 is 19.7 Å². The Labute approximate surface area is 217 Å². The second kappa shape index (κ2) is 23.9. The average Bonchev–Trinajstić information content (AvgIpc) is 2.85. The molecule has 0 aromatic rings. The Bertz CT molecular complexity index is 668. The summed E-state index contributed by atoms with van der Waals surface area (Å²) in [6.45, 7) is 3.14. The van der Waals surface area contributed by atoms with E-state index in [9.17, 15) is 24.2 Å². The van der Waals surface area contributed by atoms with Crippen LogP contribution in [0, 0.1) is 0 Å². The van der Waals surface area contributed by atoms with Crippen LogP contribution in [0.2, 0.25) is 0 Å². The average molecular weight is 534 g/mol. The van der Waals surface area contributed by atoms with E-state index in [1.165, 1.54) is 6.42 Å². The van der Waals surface area contributed by atoms with E-state index < -0.39 is 26.5 Å². The van der Waals surface area contributed by atoms with Crippen molar-refractivity contribution < 1.29 is 37.9 Å². The van der Waals surface area contributed by atoms with Crippen LogP contribution in [0.3, 0.4) is 0 Å². The van der Waals surface area contributed by atoms with E-state index in [4.69, 9.17) is 13.8 Å². The molecule has 0 heterocycles. The summed E-state index contributed by atoms with van der Waals surface area (Å²) in [5.74, 6) is -0.573. The molecule has 0 saturated carbocycles. The second-order valence-corrected chi connectivity index (χ2v) is 10.1. The third-order valence-electron chi connectivity index (χ3n) is 5.12. The van der Waals surface area contributed by atoms with Crippen LogP contribution in [-0.2, 0) is 27.9 Å². The van der Waals surface area contributed by atoms with E-state index in [0.29, 0.717) is 12.8 Å². The zero-order valence-corrected chi connectivity index (χ0v) is 23.1. The number of carbonyl (C=O) groups excluding carboxylic acids is 2. The van der Waals surface area contributed by atoms with Gasteiger partial charge in [0.15, 0.2) is 0 Å². The summed E-state index contributed by atoms with van der Waals surface area (Å²) >= 11 is 0. The van der Waals surface area contributed by atoms with Gasteiger partial charge in [-0.1, -0.05) is 70.3 Å². The van der Waals surface area contributed by atoms with Crippen LogP contribution in [-0.4, -0.2) is 54.3 Å². The molecular weight excluding hydrogens is 485 g/mol. The number of hydrogen-bond acceptors (Lipinski definition) is 7. The molecule has 0 aromatic heterocycles. The molecule has 3 N–H and O–H groups in total. The third kappa shape index (κ3) is 24.2. The number of amides is 1. The standard InChI is InChI=1S/C26H48NO8P/c1-3-5-7-8-9-10-11-12-13-14-15-16-17-18-25(29)27-20-21-34-36(31,32)35-23-24(28)22-33-26(30)19-6-4-2/h7-8,10-11,24,28H,3-6,9,12-23H2,1-2H3,(H,27,29)(H,31,32)/b8-7-,11-10-. The van der Waals surface area contributed by atoms with Gasteiger partial charge < -0.3 is 20.1 Å². The molecule has 2 atom stereocenters.